The van der Waals surface area contributed by atoms with E-state index in [0.29, 0.717) is 19.8 Å². The number of hydrogen-bond donors (Lipinski definition) is 0. The van der Waals surface area contributed by atoms with Gasteiger partial charge >= 0.3 is 138 Å². The molecule has 0 aliphatic carbocycles. The molecule has 21 heavy (non-hydrogen) atoms. The molecule has 0 aromatic rings. The van der Waals surface area contributed by atoms with Crippen LogP contribution in [0.25, 0.3) is 0 Å². The van der Waals surface area contributed by atoms with E-state index in [4.69, 9.17) is 13.0 Å². The molecule has 0 N–H and O–H groups in total. The fourth-order valence-electron chi connectivity index (χ4n) is 2.13. The molecule has 0 spiro atoms. The molecule has 0 aliphatic rings. The molecular formula is C15H36O4SiTi. The van der Waals surface area contributed by atoms with E-state index in [1.165, 1.54) is 0 Å². The van der Waals surface area contributed by atoms with Crippen molar-refractivity contribution < 1.29 is 31.1 Å². The fraction of sp³-hybridized carbons (Fsp3) is 1.00. The molecule has 0 saturated heterocycles. The van der Waals surface area contributed by atoms with Gasteiger partial charge in [-0.05, 0) is 0 Å². The van der Waals surface area contributed by atoms with E-state index in [1.54, 1.807) is 0 Å². The Morgan fingerprint density at radius 3 is 1.19 bits per heavy atom. The Morgan fingerprint density at radius 2 is 0.952 bits per heavy atom. The van der Waals surface area contributed by atoms with Crippen molar-refractivity contribution in [1.29, 1.82) is 0 Å². The molecule has 0 heterocycles. The summed E-state index contributed by atoms with van der Waals surface area (Å²) < 4.78 is 24.9. The standard InChI is InChI=1S/C6H15OSi.3C3H7O.Ti/c1-4-8(7,5-2)6-3;3*1-2-3-4;/h4-6H2,1-3H3;3*2-3H2,1H3;/q4*-1;+4. The first-order valence-electron chi connectivity index (χ1n) is 8.69. The predicted molar refractivity (Wildman–Crippen MR) is 87.0 cm³/mol. The summed E-state index contributed by atoms with van der Waals surface area (Å²) in [5.74, 6) is 0. The van der Waals surface area contributed by atoms with Gasteiger partial charge in [0.1, 0.15) is 0 Å². The van der Waals surface area contributed by atoms with E-state index in [0.717, 1.165) is 37.4 Å². The molecule has 0 radical (unpaired) electrons. The van der Waals surface area contributed by atoms with Crippen LogP contribution >= 0.6 is 0 Å². The molecule has 0 bridgehead atoms. The average Bonchev–Trinajstić information content (AvgIpc) is 2.54. The van der Waals surface area contributed by atoms with Crippen molar-refractivity contribution in [3.8, 4) is 0 Å². The van der Waals surface area contributed by atoms with Crippen LogP contribution in [0.3, 0.4) is 0 Å². The first kappa shape index (κ1) is 21.8. The zero-order valence-electron chi connectivity index (χ0n) is 15.0. The van der Waals surface area contributed by atoms with Gasteiger partial charge in [-0.1, -0.05) is 0 Å². The van der Waals surface area contributed by atoms with Crippen LogP contribution in [0, 0.1) is 0 Å². The van der Waals surface area contributed by atoms with Gasteiger partial charge in [-0.3, -0.25) is 0 Å². The average molecular weight is 356 g/mol. The van der Waals surface area contributed by atoms with E-state index in [2.05, 4.69) is 41.5 Å². The van der Waals surface area contributed by atoms with Crippen molar-refractivity contribution in [2.45, 2.75) is 78.9 Å². The topological polar surface area (TPSA) is 36.9 Å². The van der Waals surface area contributed by atoms with Crippen LogP contribution < -0.4 is 0 Å². The molecule has 0 unspecified atom stereocenters. The van der Waals surface area contributed by atoms with Crippen LogP contribution in [0.15, 0.2) is 0 Å². The van der Waals surface area contributed by atoms with E-state index in [9.17, 15) is 0 Å². The van der Waals surface area contributed by atoms with E-state index >= 15 is 0 Å². The Hall–Kier alpha value is 0.771. The first-order valence-corrected chi connectivity index (χ1v) is 13.8. The summed E-state index contributed by atoms with van der Waals surface area (Å²) in [6, 6.07) is 3.27. The molecule has 0 aromatic heterocycles. The third-order valence-corrected chi connectivity index (χ3v) is 14.1. The van der Waals surface area contributed by atoms with Gasteiger partial charge in [0.2, 0.25) is 0 Å². The van der Waals surface area contributed by atoms with Gasteiger partial charge in [-0.15, -0.1) is 0 Å². The van der Waals surface area contributed by atoms with Crippen molar-refractivity contribution >= 4 is 8.32 Å². The fourth-order valence-corrected chi connectivity index (χ4v) is 12.6. The van der Waals surface area contributed by atoms with Gasteiger partial charge in [0.25, 0.3) is 0 Å². The van der Waals surface area contributed by atoms with Gasteiger partial charge in [0.05, 0.1) is 0 Å². The van der Waals surface area contributed by atoms with E-state index in [1.807, 2.05) is 0 Å². The second kappa shape index (κ2) is 12.2. The molecule has 6 heteroatoms. The maximum absolute atomic E-state index is 6.64. The zero-order chi connectivity index (χ0) is 16.2. The van der Waals surface area contributed by atoms with Crippen LogP contribution in [0.2, 0.25) is 18.1 Å². The van der Waals surface area contributed by atoms with Crippen molar-refractivity contribution in [3.05, 3.63) is 0 Å². The van der Waals surface area contributed by atoms with Gasteiger partial charge in [0, 0.05) is 0 Å². The molecule has 0 rings (SSSR count). The van der Waals surface area contributed by atoms with Gasteiger partial charge in [0.15, 0.2) is 0 Å². The van der Waals surface area contributed by atoms with Crippen LogP contribution in [0.1, 0.15) is 60.8 Å². The van der Waals surface area contributed by atoms with E-state index < -0.39 is 26.5 Å². The summed E-state index contributed by atoms with van der Waals surface area (Å²) in [6.45, 7) is 15.0. The van der Waals surface area contributed by atoms with Crippen LogP contribution in [0.4, 0.5) is 0 Å². The predicted octanol–water partition coefficient (Wildman–Crippen LogP) is 5.10. The third kappa shape index (κ3) is 7.73. The summed E-state index contributed by atoms with van der Waals surface area (Å²) in [5.41, 5.74) is 0. The first-order chi connectivity index (χ1) is 10.1. The van der Waals surface area contributed by atoms with Crippen LogP contribution in [0.5, 0.6) is 0 Å². The quantitative estimate of drug-likeness (QED) is 0.406. The molecule has 0 aromatic carbocycles. The minimum atomic E-state index is -3.59. The number of rotatable bonds is 14. The van der Waals surface area contributed by atoms with E-state index in [-0.39, 0.29) is 0 Å². The molecule has 128 valence electrons. The Bertz CT molecular complexity index is 220. The molecule has 0 atom stereocenters. The van der Waals surface area contributed by atoms with Crippen molar-refractivity contribution in [1.82, 2.24) is 0 Å². The van der Waals surface area contributed by atoms with Gasteiger partial charge in [-0.2, -0.15) is 0 Å². The third-order valence-electron chi connectivity index (χ3n) is 3.72. The van der Waals surface area contributed by atoms with Crippen molar-refractivity contribution in [2.75, 3.05) is 19.8 Å². The second-order valence-corrected chi connectivity index (χ2v) is 14.0. The Morgan fingerprint density at radius 1 is 0.619 bits per heavy atom. The van der Waals surface area contributed by atoms with Gasteiger partial charge < -0.3 is 0 Å². The van der Waals surface area contributed by atoms with Crippen LogP contribution in [-0.2, 0) is 31.1 Å². The minimum absolute atomic E-state index is 0.662. The maximum atomic E-state index is 6.64. The molecule has 0 saturated carbocycles. The summed E-state index contributed by atoms with van der Waals surface area (Å²) in [7, 11) is -1.79. The molecule has 0 amide bonds. The Balaban J connectivity index is 5.17. The van der Waals surface area contributed by atoms with Crippen LogP contribution in [-0.4, -0.2) is 28.1 Å². The summed E-state index contributed by atoms with van der Waals surface area (Å²) >= 11 is -3.59. The van der Waals surface area contributed by atoms with Crippen molar-refractivity contribution in [2.24, 2.45) is 0 Å². The molecule has 0 fully saturated rings. The molecule has 0 aliphatic heterocycles. The SMILES string of the molecule is CCC[O][Ti]([O]CCC)([O]CCC)[O][Si](CC)(CC)CC. The summed E-state index contributed by atoms with van der Waals surface area (Å²) in [6.07, 6.45) is 2.88. The Kier molecular flexibility index (Phi) is 12.7. The normalized spacial score (nSPS) is 12.9. The Labute approximate surface area is 138 Å². The molecule has 4 nitrogen and oxygen atoms in total. The number of hydrogen-bond acceptors (Lipinski definition) is 4. The van der Waals surface area contributed by atoms with Gasteiger partial charge in [-0.25, -0.2) is 0 Å². The second-order valence-electron chi connectivity index (χ2n) is 5.39. The summed E-state index contributed by atoms with van der Waals surface area (Å²) in [5, 5.41) is 0. The summed E-state index contributed by atoms with van der Waals surface area (Å²) in [4.78, 5) is 0. The zero-order valence-corrected chi connectivity index (χ0v) is 17.6. The molecular weight excluding hydrogens is 320 g/mol. The van der Waals surface area contributed by atoms with Crippen molar-refractivity contribution in [3.63, 3.8) is 0 Å². The monoisotopic (exact) mass is 356 g/mol.